The van der Waals surface area contributed by atoms with Gasteiger partial charge in [-0.15, -0.1) is 6.42 Å². The summed E-state index contributed by atoms with van der Waals surface area (Å²) in [6.45, 7) is 9.32. The molecule has 0 radical (unpaired) electrons. The maximum absolute atomic E-state index is 11.8. The van der Waals surface area contributed by atoms with Crippen LogP contribution in [-0.2, 0) is 10.2 Å². The molecule has 0 unspecified atom stereocenters. The zero-order valence-corrected chi connectivity index (χ0v) is 13.5. The zero-order chi connectivity index (χ0) is 16.3. The maximum Gasteiger partial charge on any atom is 0.412 e. The summed E-state index contributed by atoms with van der Waals surface area (Å²) in [5.41, 5.74) is 0.528. The van der Waals surface area contributed by atoms with Crippen molar-refractivity contribution in [1.29, 1.82) is 0 Å². The Bertz CT molecular complexity index is 562. The molecule has 0 aliphatic heterocycles. The third-order valence-corrected chi connectivity index (χ3v) is 2.92. The van der Waals surface area contributed by atoms with E-state index in [2.05, 4.69) is 11.2 Å². The molecule has 1 aromatic carbocycles. The molecule has 1 aromatic rings. The van der Waals surface area contributed by atoms with Gasteiger partial charge in [0.05, 0.1) is 18.2 Å². The van der Waals surface area contributed by atoms with Crippen molar-refractivity contribution in [2.45, 2.75) is 45.6 Å². The Labute approximate surface area is 126 Å². The van der Waals surface area contributed by atoms with Crippen LogP contribution in [0, 0.1) is 12.3 Å². The topological polar surface area (TPSA) is 47.6 Å². The van der Waals surface area contributed by atoms with Crippen molar-refractivity contribution in [3.8, 4) is 18.1 Å². The highest BCUT2D eigenvalue weighted by Crippen LogP contribution is 2.31. The Balaban J connectivity index is 3.01. The smallest absolute Gasteiger partial charge is 0.412 e. The molecule has 0 heterocycles. The van der Waals surface area contributed by atoms with Gasteiger partial charge in [-0.25, -0.2) is 4.79 Å². The Morgan fingerprint density at radius 2 is 1.86 bits per heavy atom. The number of amides is 1. The minimum atomic E-state index is -0.553. The van der Waals surface area contributed by atoms with Crippen LogP contribution in [0.25, 0.3) is 0 Å². The van der Waals surface area contributed by atoms with Crippen molar-refractivity contribution < 1.29 is 14.3 Å². The van der Waals surface area contributed by atoms with Gasteiger partial charge >= 0.3 is 6.09 Å². The number of methoxy groups -OCH3 is 1. The lowest BCUT2D eigenvalue weighted by Gasteiger charge is -2.22. The van der Waals surface area contributed by atoms with Gasteiger partial charge in [-0.3, -0.25) is 5.32 Å². The number of hydrogen-bond donors (Lipinski definition) is 1. The molecule has 0 aliphatic carbocycles. The summed E-state index contributed by atoms with van der Waals surface area (Å²) >= 11 is 0. The second-order valence-electron chi connectivity index (χ2n) is 6.31. The van der Waals surface area contributed by atoms with Crippen molar-refractivity contribution in [2.75, 3.05) is 12.4 Å². The lowest BCUT2D eigenvalue weighted by Crippen LogP contribution is -2.27. The van der Waals surface area contributed by atoms with Crippen LogP contribution < -0.4 is 10.1 Å². The number of anilines is 1. The third kappa shape index (κ3) is 4.71. The van der Waals surface area contributed by atoms with E-state index < -0.39 is 17.1 Å². The van der Waals surface area contributed by atoms with Gasteiger partial charge in [-0.1, -0.05) is 12.0 Å². The van der Waals surface area contributed by atoms with Crippen LogP contribution in [0.3, 0.4) is 0 Å². The number of rotatable bonds is 3. The molecule has 1 rings (SSSR count). The fourth-order valence-electron chi connectivity index (χ4n) is 1.68. The van der Waals surface area contributed by atoms with E-state index >= 15 is 0 Å². The summed E-state index contributed by atoms with van der Waals surface area (Å²) in [5, 5.41) is 2.68. The average Bonchev–Trinajstić information content (AvgIpc) is 2.36. The van der Waals surface area contributed by atoms with E-state index in [1.54, 1.807) is 13.2 Å². The van der Waals surface area contributed by atoms with E-state index in [9.17, 15) is 4.79 Å². The molecule has 0 saturated carbocycles. The molecular formula is C17H23NO3. The Hall–Kier alpha value is -2.15. The SMILES string of the molecule is C#CC(C)(C)c1ccc(NC(=O)OC(C)(C)C)c(OC)c1. The highest BCUT2D eigenvalue weighted by molar-refractivity contribution is 5.87. The molecular weight excluding hydrogens is 266 g/mol. The van der Waals surface area contributed by atoms with E-state index in [-0.39, 0.29) is 0 Å². The minimum absolute atomic E-state index is 0.405. The number of nitrogens with one attached hydrogen (secondary N) is 1. The summed E-state index contributed by atoms with van der Waals surface area (Å²) in [6.07, 6.45) is 5.01. The van der Waals surface area contributed by atoms with Crippen LogP contribution in [-0.4, -0.2) is 18.8 Å². The molecule has 0 saturated heterocycles. The first kappa shape index (κ1) is 16.9. The predicted octanol–water partition coefficient (Wildman–Crippen LogP) is 3.95. The Kier molecular flexibility index (Phi) is 4.90. The van der Waals surface area contributed by atoms with Gasteiger partial charge < -0.3 is 9.47 Å². The molecule has 0 spiro atoms. The molecule has 114 valence electrons. The number of terminal acetylenes is 1. The van der Waals surface area contributed by atoms with E-state index in [0.29, 0.717) is 11.4 Å². The van der Waals surface area contributed by atoms with E-state index in [4.69, 9.17) is 15.9 Å². The van der Waals surface area contributed by atoms with E-state index in [1.807, 2.05) is 46.8 Å². The zero-order valence-electron chi connectivity index (χ0n) is 13.5. The van der Waals surface area contributed by atoms with E-state index in [0.717, 1.165) is 5.56 Å². The summed E-state index contributed by atoms with van der Waals surface area (Å²) < 4.78 is 10.5. The van der Waals surface area contributed by atoms with Crippen LogP contribution in [0.15, 0.2) is 18.2 Å². The lowest BCUT2D eigenvalue weighted by molar-refractivity contribution is 0.0635. The second-order valence-corrected chi connectivity index (χ2v) is 6.31. The van der Waals surface area contributed by atoms with Crippen molar-refractivity contribution >= 4 is 11.8 Å². The quantitative estimate of drug-likeness (QED) is 0.857. The Morgan fingerprint density at radius 3 is 2.33 bits per heavy atom. The normalized spacial score (nSPS) is 11.5. The molecule has 0 aromatic heterocycles. The summed E-state index contributed by atoms with van der Waals surface area (Å²) in [6, 6.07) is 5.46. The molecule has 1 N–H and O–H groups in total. The van der Waals surface area contributed by atoms with Crippen LogP contribution >= 0.6 is 0 Å². The molecule has 0 bridgehead atoms. The number of ether oxygens (including phenoxy) is 2. The first-order valence-corrected chi connectivity index (χ1v) is 6.75. The number of hydrogen-bond acceptors (Lipinski definition) is 3. The van der Waals surface area contributed by atoms with Gasteiger partial charge in [0.25, 0.3) is 0 Å². The fourth-order valence-corrected chi connectivity index (χ4v) is 1.68. The monoisotopic (exact) mass is 289 g/mol. The summed E-state index contributed by atoms with van der Waals surface area (Å²) in [7, 11) is 1.54. The molecule has 0 fully saturated rings. The largest absolute Gasteiger partial charge is 0.495 e. The molecule has 0 aliphatic rings. The van der Waals surface area contributed by atoms with Crippen molar-refractivity contribution in [3.63, 3.8) is 0 Å². The van der Waals surface area contributed by atoms with Gasteiger partial charge in [-0.05, 0) is 52.3 Å². The maximum atomic E-state index is 11.8. The van der Waals surface area contributed by atoms with Crippen LogP contribution in [0.5, 0.6) is 5.75 Å². The number of benzene rings is 1. The first-order valence-electron chi connectivity index (χ1n) is 6.75. The van der Waals surface area contributed by atoms with Gasteiger partial charge in [0.2, 0.25) is 0 Å². The molecule has 1 amide bonds. The number of carbonyl (C=O) groups is 1. The fraction of sp³-hybridized carbons (Fsp3) is 0.471. The van der Waals surface area contributed by atoms with Crippen molar-refractivity contribution in [1.82, 2.24) is 0 Å². The highest BCUT2D eigenvalue weighted by Gasteiger charge is 2.21. The van der Waals surface area contributed by atoms with Crippen LogP contribution in [0.1, 0.15) is 40.2 Å². The number of carbonyl (C=O) groups excluding carboxylic acids is 1. The van der Waals surface area contributed by atoms with Crippen molar-refractivity contribution in [3.05, 3.63) is 23.8 Å². The average molecular weight is 289 g/mol. The summed E-state index contributed by atoms with van der Waals surface area (Å²) in [4.78, 5) is 11.8. The summed E-state index contributed by atoms with van der Waals surface area (Å²) in [5.74, 6) is 3.28. The van der Waals surface area contributed by atoms with Gasteiger partial charge in [-0.2, -0.15) is 0 Å². The van der Waals surface area contributed by atoms with Gasteiger partial charge in [0, 0.05) is 0 Å². The highest BCUT2D eigenvalue weighted by atomic mass is 16.6. The second kappa shape index (κ2) is 6.09. The third-order valence-electron chi connectivity index (χ3n) is 2.92. The standard InChI is InChI=1S/C17H23NO3/c1-8-17(5,6)12-9-10-13(14(11-12)20-7)18-15(19)21-16(2,3)4/h1,9-11H,2-7H3,(H,18,19). The molecule has 4 nitrogen and oxygen atoms in total. The van der Waals surface area contributed by atoms with E-state index in [1.165, 1.54) is 0 Å². The first-order chi connectivity index (χ1) is 9.59. The van der Waals surface area contributed by atoms with Gasteiger partial charge in [0.1, 0.15) is 11.4 Å². The predicted molar refractivity (Wildman–Crippen MR) is 84.7 cm³/mol. The Morgan fingerprint density at radius 1 is 1.24 bits per heavy atom. The van der Waals surface area contributed by atoms with Crippen LogP contribution in [0.4, 0.5) is 10.5 Å². The lowest BCUT2D eigenvalue weighted by atomic mass is 9.85. The molecule has 4 heteroatoms. The molecule has 21 heavy (non-hydrogen) atoms. The van der Waals surface area contributed by atoms with Crippen LogP contribution in [0.2, 0.25) is 0 Å². The minimum Gasteiger partial charge on any atom is -0.495 e. The molecule has 0 atom stereocenters. The van der Waals surface area contributed by atoms with Crippen molar-refractivity contribution in [2.24, 2.45) is 0 Å². The van der Waals surface area contributed by atoms with Gasteiger partial charge in [0.15, 0.2) is 0 Å².